The third-order valence-electron chi connectivity index (χ3n) is 5.14. The van der Waals surface area contributed by atoms with E-state index in [-0.39, 0.29) is 41.0 Å². The van der Waals surface area contributed by atoms with Gasteiger partial charge in [0.15, 0.2) is 5.78 Å². The summed E-state index contributed by atoms with van der Waals surface area (Å²) >= 11 is 0. The van der Waals surface area contributed by atoms with E-state index in [9.17, 15) is 39.7 Å². The van der Waals surface area contributed by atoms with Crippen molar-refractivity contribution in [2.45, 2.75) is 25.7 Å². The fourth-order valence-corrected chi connectivity index (χ4v) is 3.63. The first-order valence-electron chi connectivity index (χ1n) is 9.88. The zero-order valence-corrected chi connectivity index (χ0v) is 17.1. The van der Waals surface area contributed by atoms with Crippen molar-refractivity contribution in [1.29, 1.82) is 0 Å². The summed E-state index contributed by atoms with van der Waals surface area (Å²) in [7, 11) is 0. The predicted octanol–water partition coefficient (Wildman–Crippen LogP) is 3.12. The van der Waals surface area contributed by atoms with Crippen LogP contribution in [0.25, 0.3) is 11.1 Å². The molecule has 0 bridgehead atoms. The third kappa shape index (κ3) is 4.55. The largest absolute Gasteiger partial charge is 0.478 e. The molecule has 2 aromatic carbocycles. The summed E-state index contributed by atoms with van der Waals surface area (Å²) in [4.78, 5) is 58.2. The van der Waals surface area contributed by atoms with Crippen molar-refractivity contribution in [3.63, 3.8) is 0 Å². The van der Waals surface area contributed by atoms with Gasteiger partial charge >= 0.3 is 11.9 Å². The number of aromatic carboxylic acids is 1. The molecule has 1 aliphatic rings. The lowest BCUT2D eigenvalue weighted by molar-refractivity contribution is -0.386. The van der Waals surface area contributed by atoms with Crippen LogP contribution in [0, 0.1) is 20.2 Å². The van der Waals surface area contributed by atoms with Crippen molar-refractivity contribution < 1.29 is 39.2 Å². The molecule has 0 aromatic heterocycles. The van der Waals surface area contributed by atoms with Crippen LogP contribution in [0.5, 0.6) is 0 Å². The molecule has 1 aliphatic carbocycles. The SMILES string of the molecule is O=C(O)c1cc2c(c([N+](=O)[O-])c1)-c1c(cc(C(=O)OCCCCCCO)cc1[N+](=O)[O-])C2=O. The second-order valence-electron chi connectivity index (χ2n) is 7.26. The number of carboxylic acids is 1. The van der Waals surface area contributed by atoms with Crippen molar-refractivity contribution in [2.24, 2.45) is 0 Å². The lowest BCUT2D eigenvalue weighted by Crippen LogP contribution is -2.09. The second kappa shape index (κ2) is 9.53. The lowest BCUT2D eigenvalue weighted by Gasteiger charge is -2.08. The molecule has 3 rings (SSSR count). The normalized spacial score (nSPS) is 11.6. The standard InChI is InChI=1S/C21H18N2O10/c24-5-3-1-2-4-6-33-21(28)12-8-14-18(16(10-12)23(31)32)17-13(19(14)25)7-11(20(26)27)9-15(17)22(29)30/h7-10,24H,1-6H2,(H,26,27). The molecule has 12 heteroatoms. The Morgan fingerprint density at radius 1 is 0.848 bits per heavy atom. The molecule has 0 heterocycles. The molecule has 0 unspecified atom stereocenters. The summed E-state index contributed by atoms with van der Waals surface area (Å²) in [5.74, 6) is -3.29. The van der Waals surface area contributed by atoms with Gasteiger partial charge in [0, 0.05) is 29.9 Å². The van der Waals surface area contributed by atoms with E-state index in [4.69, 9.17) is 9.84 Å². The van der Waals surface area contributed by atoms with E-state index >= 15 is 0 Å². The summed E-state index contributed by atoms with van der Waals surface area (Å²) in [5.41, 5.74) is -3.67. The number of hydrogen-bond donors (Lipinski definition) is 2. The van der Waals surface area contributed by atoms with Gasteiger partial charge in [0.1, 0.15) is 0 Å². The van der Waals surface area contributed by atoms with Crippen molar-refractivity contribution in [1.82, 2.24) is 0 Å². The molecule has 2 aromatic rings. The van der Waals surface area contributed by atoms with Crippen LogP contribution in [-0.2, 0) is 4.74 Å². The first-order valence-corrected chi connectivity index (χ1v) is 9.88. The number of carboxylic acid groups (broad SMARTS) is 1. The highest BCUT2D eigenvalue weighted by molar-refractivity contribution is 6.25. The minimum atomic E-state index is -1.51. The number of carbonyl (C=O) groups excluding carboxylic acids is 2. The van der Waals surface area contributed by atoms with E-state index in [1.807, 2.05) is 0 Å². The van der Waals surface area contributed by atoms with Crippen LogP contribution < -0.4 is 0 Å². The Morgan fingerprint density at radius 2 is 1.36 bits per heavy atom. The van der Waals surface area contributed by atoms with Gasteiger partial charge < -0.3 is 14.9 Å². The van der Waals surface area contributed by atoms with Crippen LogP contribution >= 0.6 is 0 Å². The minimum absolute atomic E-state index is 0.0246. The van der Waals surface area contributed by atoms with Crippen LogP contribution in [0.4, 0.5) is 11.4 Å². The average Bonchev–Trinajstić information content (AvgIpc) is 3.06. The van der Waals surface area contributed by atoms with Gasteiger partial charge in [0.2, 0.25) is 0 Å². The number of unbranched alkanes of at least 4 members (excludes halogenated alkanes) is 3. The number of ether oxygens (including phenoxy) is 1. The zero-order valence-electron chi connectivity index (χ0n) is 17.1. The lowest BCUT2D eigenvalue weighted by atomic mass is 9.98. The predicted molar refractivity (Wildman–Crippen MR) is 111 cm³/mol. The number of nitro benzene ring substituents is 2. The van der Waals surface area contributed by atoms with Crippen molar-refractivity contribution in [3.05, 3.63) is 66.7 Å². The Morgan fingerprint density at radius 3 is 1.88 bits per heavy atom. The summed E-state index contributed by atoms with van der Waals surface area (Å²) in [6.07, 6.45) is 2.56. The van der Waals surface area contributed by atoms with Gasteiger partial charge in [-0.3, -0.25) is 25.0 Å². The molecular formula is C21H18N2O10. The quantitative estimate of drug-likeness (QED) is 0.198. The number of aliphatic hydroxyl groups excluding tert-OH is 1. The van der Waals surface area contributed by atoms with Crippen LogP contribution in [-0.4, -0.2) is 51.0 Å². The highest BCUT2D eigenvalue weighted by atomic mass is 16.6. The van der Waals surface area contributed by atoms with Crippen LogP contribution in [0.3, 0.4) is 0 Å². The summed E-state index contributed by atoms with van der Waals surface area (Å²) < 4.78 is 5.11. The Labute approximate surface area is 185 Å². The Balaban J connectivity index is 2.03. The molecule has 33 heavy (non-hydrogen) atoms. The summed E-state index contributed by atoms with van der Waals surface area (Å²) in [6.45, 7) is 0.0812. The van der Waals surface area contributed by atoms with Gasteiger partial charge in [-0.15, -0.1) is 0 Å². The van der Waals surface area contributed by atoms with Gasteiger partial charge in [-0.1, -0.05) is 6.42 Å². The topological polar surface area (TPSA) is 187 Å². The number of nitrogens with zero attached hydrogens (tertiary/aromatic N) is 2. The second-order valence-corrected chi connectivity index (χ2v) is 7.26. The molecule has 0 atom stereocenters. The number of fused-ring (bicyclic) bond motifs is 3. The molecule has 0 saturated carbocycles. The number of hydrogen-bond acceptors (Lipinski definition) is 9. The average molecular weight is 458 g/mol. The minimum Gasteiger partial charge on any atom is -0.478 e. The monoisotopic (exact) mass is 458 g/mol. The van der Waals surface area contributed by atoms with E-state index in [0.717, 1.165) is 30.7 Å². The smallest absolute Gasteiger partial charge is 0.338 e. The maximum Gasteiger partial charge on any atom is 0.338 e. The molecule has 0 radical (unpaired) electrons. The third-order valence-corrected chi connectivity index (χ3v) is 5.14. The van der Waals surface area contributed by atoms with Crippen molar-refractivity contribution in [3.8, 4) is 11.1 Å². The number of ketones is 1. The Kier molecular flexibility index (Phi) is 6.78. The molecule has 0 spiro atoms. The maximum atomic E-state index is 12.9. The Bertz CT molecular complexity index is 1190. The molecule has 2 N–H and O–H groups in total. The number of esters is 1. The van der Waals surface area contributed by atoms with Crippen molar-refractivity contribution >= 4 is 29.1 Å². The fourth-order valence-electron chi connectivity index (χ4n) is 3.63. The maximum absolute atomic E-state index is 12.9. The van der Waals surface area contributed by atoms with Crippen molar-refractivity contribution in [2.75, 3.05) is 13.2 Å². The van der Waals surface area contributed by atoms with Crippen LogP contribution in [0.1, 0.15) is 62.3 Å². The Hall–Kier alpha value is -4.19. The first-order chi connectivity index (χ1) is 15.7. The molecule has 0 saturated heterocycles. The fraction of sp³-hybridized carbons (Fsp3) is 0.286. The molecule has 0 aliphatic heterocycles. The van der Waals surface area contributed by atoms with E-state index in [1.54, 1.807) is 0 Å². The van der Waals surface area contributed by atoms with Crippen LogP contribution in [0.2, 0.25) is 0 Å². The molecule has 0 amide bonds. The number of benzene rings is 2. The van der Waals surface area contributed by atoms with Gasteiger partial charge in [-0.25, -0.2) is 9.59 Å². The van der Waals surface area contributed by atoms with E-state index in [1.165, 1.54) is 0 Å². The van der Waals surface area contributed by atoms with Gasteiger partial charge in [-0.05, 0) is 31.4 Å². The summed E-state index contributed by atoms with van der Waals surface area (Å²) in [5, 5.41) is 41.3. The van der Waals surface area contributed by atoms with E-state index < -0.39 is 44.5 Å². The zero-order chi connectivity index (χ0) is 24.3. The first kappa shape index (κ1) is 23.5. The number of rotatable bonds is 10. The van der Waals surface area contributed by atoms with Gasteiger partial charge in [0.05, 0.1) is 38.7 Å². The molecule has 0 fully saturated rings. The molecular weight excluding hydrogens is 440 g/mol. The number of nitro groups is 2. The van der Waals surface area contributed by atoms with E-state index in [0.29, 0.717) is 19.3 Å². The van der Waals surface area contributed by atoms with Gasteiger partial charge in [-0.2, -0.15) is 0 Å². The highest BCUT2D eigenvalue weighted by Crippen LogP contribution is 2.48. The van der Waals surface area contributed by atoms with Crippen LogP contribution in [0.15, 0.2) is 24.3 Å². The number of carbonyl (C=O) groups is 3. The number of aliphatic hydroxyl groups is 1. The molecule has 12 nitrogen and oxygen atoms in total. The highest BCUT2D eigenvalue weighted by Gasteiger charge is 2.40. The van der Waals surface area contributed by atoms with E-state index in [2.05, 4.69) is 0 Å². The molecule has 172 valence electrons. The van der Waals surface area contributed by atoms with Gasteiger partial charge in [0.25, 0.3) is 11.4 Å². The summed E-state index contributed by atoms with van der Waals surface area (Å²) in [6, 6.07) is 3.58.